The minimum absolute atomic E-state index is 0. The van der Waals surface area contributed by atoms with Crippen molar-refractivity contribution in [1.29, 1.82) is 0 Å². The van der Waals surface area contributed by atoms with E-state index >= 15 is 0 Å². The van der Waals surface area contributed by atoms with Crippen molar-refractivity contribution in [3.63, 3.8) is 0 Å². The highest BCUT2D eigenvalue weighted by Crippen LogP contribution is 2.21. The molecule has 0 radical (unpaired) electrons. The van der Waals surface area contributed by atoms with E-state index in [1.54, 1.807) is 24.2 Å². The average Bonchev–Trinajstić information content (AvgIpc) is 2.30. The van der Waals surface area contributed by atoms with Gasteiger partial charge in [0.15, 0.2) is 5.16 Å². The normalized spacial score (nSPS) is 20.2. The Balaban J connectivity index is 0.00000128. The van der Waals surface area contributed by atoms with Crippen molar-refractivity contribution in [2.75, 3.05) is 18.8 Å². The standard InChI is InChI=1S/C10H14ClN3S.ClH/c11-9-5-13-10(14-6-9)15-7-8-2-1-3-12-4-8;/h5-6,8,12H,1-4,7H2;1H. The molecule has 0 amide bonds. The van der Waals surface area contributed by atoms with E-state index in [9.17, 15) is 0 Å². The Kier molecular flexibility index (Phi) is 6.43. The molecule has 0 bridgehead atoms. The molecule has 1 saturated heterocycles. The fraction of sp³-hybridized carbons (Fsp3) is 0.600. The molecule has 2 rings (SSSR count). The first-order valence-electron chi connectivity index (χ1n) is 5.15. The van der Waals surface area contributed by atoms with Gasteiger partial charge in [0.05, 0.1) is 17.4 Å². The molecule has 1 aromatic rings. The average molecular weight is 280 g/mol. The molecule has 1 aromatic heterocycles. The van der Waals surface area contributed by atoms with Crippen LogP contribution >= 0.6 is 35.8 Å². The van der Waals surface area contributed by atoms with Gasteiger partial charge in [0, 0.05) is 5.75 Å². The van der Waals surface area contributed by atoms with Gasteiger partial charge >= 0.3 is 0 Å². The van der Waals surface area contributed by atoms with E-state index in [1.807, 2.05) is 0 Å². The number of nitrogens with zero attached hydrogens (tertiary/aromatic N) is 2. The number of hydrogen-bond acceptors (Lipinski definition) is 4. The largest absolute Gasteiger partial charge is 0.316 e. The van der Waals surface area contributed by atoms with Crippen LogP contribution in [0.25, 0.3) is 0 Å². The molecule has 2 heterocycles. The second-order valence-corrected chi connectivity index (χ2v) is 5.13. The van der Waals surface area contributed by atoms with Crippen LogP contribution < -0.4 is 5.32 Å². The van der Waals surface area contributed by atoms with E-state index in [-0.39, 0.29) is 12.4 Å². The summed E-state index contributed by atoms with van der Waals surface area (Å²) in [5.41, 5.74) is 0. The van der Waals surface area contributed by atoms with Gasteiger partial charge in [-0.15, -0.1) is 12.4 Å². The fourth-order valence-corrected chi connectivity index (χ4v) is 2.65. The third-order valence-corrected chi connectivity index (χ3v) is 3.75. The molecule has 16 heavy (non-hydrogen) atoms. The van der Waals surface area contributed by atoms with Crippen LogP contribution in [0.3, 0.4) is 0 Å². The zero-order valence-electron chi connectivity index (χ0n) is 8.86. The number of aromatic nitrogens is 2. The second kappa shape index (κ2) is 7.33. The van der Waals surface area contributed by atoms with Crippen LogP contribution in [0.5, 0.6) is 0 Å². The van der Waals surface area contributed by atoms with Crippen molar-refractivity contribution in [2.24, 2.45) is 5.92 Å². The number of hydrogen-bond donors (Lipinski definition) is 1. The Hall–Kier alpha value is -0.0300. The first-order valence-corrected chi connectivity index (χ1v) is 6.52. The summed E-state index contributed by atoms with van der Waals surface area (Å²) in [5.74, 6) is 1.84. The van der Waals surface area contributed by atoms with Crippen molar-refractivity contribution in [3.8, 4) is 0 Å². The van der Waals surface area contributed by atoms with Crippen molar-refractivity contribution < 1.29 is 0 Å². The Morgan fingerprint density at radius 1 is 1.44 bits per heavy atom. The van der Waals surface area contributed by atoms with Crippen LogP contribution in [-0.2, 0) is 0 Å². The maximum atomic E-state index is 5.72. The summed E-state index contributed by atoms with van der Waals surface area (Å²) in [6, 6.07) is 0. The highest BCUT2D eigenvalue weighted by Gasteiger charge is 2.13. The summed E-state index contributed by atoms with van der Waals surface area (Å²) >= 11 is 7.43. The van der Waals surface area contributed by atoms with Crippen molar-refractivity contribution >= 4 is 35.8 Å². The lowest BCUT2D eigenvalue weighted by Gasteiger charge is -2.21. The zero-order chi connectivity index (χ0) is 10.5. The van der Waals surface area contributed by atoms with Gasteiger partial charge in [-0.3, -0.25) is 0 Å². The van der Waals surface area contributed by atoms with Crippen LogP contribution in [-0.4, -0.2) is 28.8 Å². The molecule has 1 atom stereocenters. The second-order valence-electron chi connectivity index (χ2n) is 3.71. The number of rotatable bonds is 3. The monoisotopic (exact) mass is 279 g/mol. The lowest BCUT2D eigenvalue weighted by Crippen LogP contribution is -2.30. The van der Waals surface area contributed by atoms with Gasteiger partial charge < -0.3 is 5.32 Å². The van der Waals surface area contributed by atoms with Gasteiger partial charge in [-0.25, -0.2) is 9.97 Å². The Morgan fingerprint density at radius 3 is 2.81 bits per heavy atom. The molecular weight excluding hydrogens is 265 g/mol. The lowest BCUT2D eigenvalue weighted by atomic mass is 10.0. The van der Waals surface area contributed by atoms with Crippen molar-refractivity contribution in [2.45, 2.75) is 18.0 Å². The molecule has 1 fully saturated rings. The Morgan fingerprint density at radius 2 is 2.19 bits per heavy atom. The van der Waals surface area contributed by atoms with Crippen LogP contribution in [0.1, 0.15) is 12.8 Å². The summed E-state index contributed by atoms with van der Waals surface area (Å²) < 4.78 is 0. The molecule has 1 N–H and O–H groups in total. The molecule has 0 spiro atoms. The molecule has 1 unspecified atom stereocenters. The molecule has 90 valence electrons. The van der Waals surface area contributed by atoms with Crippen molar-refractivity contribution in [1.82, 2.24) is 15.3 Å². The van der Waals surface area contributed by atoms with Crippen molar-refractivity contribution in [3.05, 3.63) is 17.4 Å². The number of nitrogens with one attached hydrogen (secondary N) is 1. The molecule has 3 nitrogen and oxygen atoms in total. The fourth-order valence-electron chi connectivity index (χ4n) is 1.63. The summed E-state index contributed by atoms with van der Waals surface area (Å²) in [7, 11) is 0. The van der Waals surface area contributed by atoms with E-state index in [0.717, 1.165) is 23.4 Å². The lowest BCUT2D eigenvalue weighted by molar-refractivity contribution is 0.410. The zero-order valence-corrected chi connectivity index (χ0v) is 11.2. The van der Waals surface area contributed by atoms with Crippen LogP contribution in [0.15, 0.2) is 17.6 Å². The Labute approximate surface area is 111 Å². The van der Waals surface area contributed by atoms with E-state index in [0.29, 0.717) is 5.02 Å². The van der Waals surface area contributed by atoms with E-state index in [1.165, 1.54) is 19.4 Å². The smallest absolute Gasteiger partial charge is 0.187 e. The maximum Gasteiger partial charge on any atom is 0.187 e. The third-order valence-electron chi connectivity index (χ3n) is 2.44. The van der Waals surface area contributed by atoms with E-state index in [2.05, 4.69) is 15.3 Å². The molecule has 1 aliphatic rings. The highest BCUT2D eigenvalue weighted by atomic mass is 35.5. The SMILES string of the molecule is Cl.Clc1cnc(SCC2CCCNC2)nc1. The summed E-state index contributed by atoms with van der Waals surface area (Å²) in [6.45, 7) is 2.29. The number of thioether (sulfide) groups is 1. The summed E-state index contributed by atoms with van der Waals surface area (Å²) in [6.07, 6.45) is 5.90. The van der Waals surface area contributed by atoms with Gasteiger partial charge in [0.25, 0.3) is 0 Å². The minimum Gasteiger partial charge on any atom is -0.316 e. The summed E-state index contributed by atoms with van der Waals surface area (Å²) in [5, 5.41) is 4.83. The maximum absolute atomic E-state index is 5.72. The first kappa shape index (κ1) is 14.0. The number of piperidine rings is 1. The molecule has 1 aliphatic heterocycles. The van der Waals surface area contributed by atoms with Gasteiger partial charge in [0.2, 0.25) is 0 Å². The van der Waals surface area contributed by atoms with E-state index < -0.39 is 0 Å². The van der Waals surface area contributed by atoms with Gasteiger partial charge in [-0.2, -0.15) is 0 Å². The summed E-state index contributed by atoms with van der Waals surface area (Å²) in [4.78, 5) is 8.32. The van der Waals surface area contributed by atoms with Crippen LogP contribution in [0.4, 0.5) is 0 Å². The third kappa shape index (κ3) is 4.45. The Bertz CT molecular complexity index is 301. The van der Waals surface area contributed by atoms with Gasteiger partial charge in [-0.05, 0) is 31.8 Å². The quantitative estimate of drug-likeness (QED) is 0.682. The molecule has 0 saturated carbocycles. The molecule has 0 aromatic carbocycles. The van der Waals surface area contributed by atoms with Gasteiger partial charge in [-0.1, -0.05) is 23.4 Å². The molecule has 0 aliphatic carbocycles. The predicted octanol–water partition coefficient (Wildman–Crippen LogP) is 2.64. The topological polar surface area (TPSA) is 37.8 Å². The van der Waals surface area contributed by atoms with Gasteiger partial charge in [0.1, 0.15) is 0 Å². The molecule has 6 heteroatoms. The van der Waals surface area contributed by atoms with E-state index in [4.69, 9.17) is 11.6 Å². The van der Waals surface area contributed by atoms with Crippen LogP contribution in [0, 0.1) is 5.92 Å². The van der Waals surface area contributed by atoms with Crippen LogP contribution in [0.2, 0.25) is 5.02 Å². The highest BCUT2D eigenvalue weighted by molar-refractivity contribution is 7.99. The number of halogens is 2. The first-order chi connectivity index (χ1) is 7.34. The minimum atomic E-state index is 0. The molecular formula is C10H15Cl2N3S. The predicted molar refractivity (Wildman–Crippen MR) is 70.6 cm³/mol.